The zero-order chi connectivity index (χ0) is 16.0. The summed E-state index contributed by atoms with van der Waals surface area (Å²) in [4.78, 5) is 32.2. The van der Waals surface area contributed by atoms with E-state index < -0.39 is 10.9 Å². The molecule has 0 bridgehead atoms. The molecule has 2 N–H and O–H groups in total. The molecular weight excluding hydrogens is 280 g/mol. The van der Waals surface area contributed by atoms with Crippen molar-refractivity contribution < 1.29 is 19.6 Å². The molecule has 0 spiro atoms. The second-order valence-electron chi connectivity index (χ2n) is 4.60. The number of hydrogen-bond acceptors (Lipinski definition) is 5. The molecule has 1 rings (SSSR count). The van der Waals surface area contributed by atoms with Crippen LogP contribution < -0.4 is 5.32 Å². The Morgan fingerprint density at radius 3 is 2.57 bits per heavy atom. The van der Waals surface area contributed by atoms with Crippen molar-refractivity contribution in [3.63, 3.8) is 0 Å². The van der Waals surface area contributed by atoms with Crippen molar-refractivity contribution in [2.24, 2.45) is 0 Å². The summed E-state index contributed by atoms with van der Waals surface area (Å²) in [5.41, 5.74) is 0.701. The predicted molar refractivity (Wildman–Crippen MR) is 72.9 cm³/mol. The van der Waals surface area contributed by atoms with E-state index in [-0.39, 0.29) is 31.0 Å². The van der Waals surface area contributed by atoms with Crippen molar-refractivity contribution in [2.75, 3.05) is 6.54 Å². The van der Waals surface area contributed by atoms with Gasteiger partial charge in [-0.2, -0.15) is 5.10 Å². The zero-order valence-corrected chi connectivity index (χ0v) is 12.0. The molecule has 0 unspecified atom stereocenters. The van der Waals surface area contributed by atoms with Crippen LogP contribution in [0.25, 0.3) is 0 Å². The molecule has 0 fully saturated rings. The summed E-state index contributed by atoms with van der Waals surface area (Å²) >= 11 is 0. The van der Waals surface area contributed by atoms with Crippen LogP contribution in [0.15, 0.2) is 0 Å². The first-order valence-corrected chi connectivity index (χ1v) is 6.49. The minimum absolute atomic E-state index is 0.00390. The molecule has 0 aromatic carbocycles. The number of carboxylic acids is 1. The van der Waals surface area contributed by atoms with Crippen LogP contribution in [0.3, 0.4) is 0 Å². The van der Waals surface area contributed by atoms with E-state index in [9.17, 15) is 19.7 Å². The van der Waals surface area contributed by atoms with Gasteiger partial charge in [0.05, 0.1) is 11.5 Å². The Labute approximate surface area is 121 Å². The molecule has 0 radical (unpaired) electrons. The Bertz CT molecular complexity index is 552. The van der Waals surface area contributed by atoms with Gasteiger partial charge >= 0.3 is 11.7 Å². The molecule has 0 aliphatic heterocycles. The molecule has 21 heavy (non-hydrogen) atoms. The number of rotatable bonds is 8. The first kappa shape index (κ1) is 16.6. The first-order chi connectivity index (χ1) is 9.82. The topological polar surface area (TPSA) is 127 Å². The Hall–Kier alpha value is -2.45. The van der Waals surface area contributed by atoms with E-state index in [1.807, 2.05) is 0 Å². The van der Waals surface area contributed by atoms with Crippen LogP contribution in [0.4, 0.5) is 5.69 Å². The van der Waals surface area contributed by atoms with Crippen LogP contribution in [0.5, 0.6) is 0 Å². The lowest BCUT2D eigenvalue weighted by Gasteiger charge is -2.05. The Morgan fingerprint density at radius 1 is 1.38 bits per heavy atom. The van der Waals surface area contributed by atoms with E-state index in [1.54, 1.807) is 13.8 Å². The molecule has 1 aromatic rings. The molecular formula is C12H18N4O5. The second kappa shape index (κ2) is 7.36. The lowest BCUT2D eigenvalue weighted by atomic mass is 10.3. The Morgan fingerprint density at radius 2 is 2.05 bits per heavy atom. The molecule has 1 amide bonds. The second-order valence-corrected chi connectivity index (χ2v) is 4.60. The number of aryl methyl sites for hydroxylation is 2. The number of carbonyl (C=O) groups excluding carboxylic acids is 1. The van der Waals surface area contributed by atoms with Gasteiger partial charge in [0.15, 0.2) is 0 Å². The van der Waals surface area contributed by atoms with Crippen molar-refractivity contribution in [1.82, 2.24) is 15.1 Å². The molecule has 0 aliphatic carbocycles. The van der Waals surface area contributed by atoms with E-state index in [0.29, 0.717) is 24.4 Å². The van der Waals surface area contributed by atoms with Gasteiger partial charge in [-0.15, -0.1) is 0 Å². The fourth-order valence-electron chi connectivity index (χ4n) is 1.93. The number of nitro groups is 1. The van der Waals surface area contributed by atoms with E-state index in [0.717, 1.165) is 0 Å². The van der Waals surface area contributed by atoms with E-state index in [2.05, 4.69) is 10.4 Å². The van der Waals surface area contributed by atoms with Gasteiger partial charge in [-0.3, -0.25) is 24.4 Å². The minimum atomic E-state index is -0.904. The summed E-state index contributed by atoms with van der Waals surface area (Å²) < 4.78 is 1.43. The molecule has 1 heterocycles. The third kappa shape index (κ3) is 4.86. The molecule has 1 aromatic heterocycles. The Kier molecular flexibility index (Phi) is 5.82. The van der Waals surface area contributed by atoms with Gasteiger partial charge in [0, 0.05) is 19.4 Å². The molecule has 9 nitrogen and oxygen atoms in total. The number of amides is 1. The summed E-state index contributed by atoms with van der Waals surface area (Å²) in [7, 11) is 0. The molecule has 116 valence electrons. The van der Waals surface area contributed by atoms with Gasteiger partial charge in [0.1, 0.15) is 11.4 Å². The highest BCUT2D eigenvalue weighted by Crippen LogP contribution is 2.21. The van der Waals surface area contributed by atoms with Crippen LogP contribution in [0.2, 0.25) is 0 Å². The van der Waals surface area contributed by atoms with E-state index >= 15 is 0 Å². The van der Waals surface area contributed by atoms with Crippen LogP contribution >= 0.6 is 0 Å². The molecule has 0 aliphatic rings. The highest BCUT2D eigenvalue weighted by molar-refractivity contribution is 5.75. The van der Waals surface area contributed by atoms with Crippen molar-refractivity contribution in [3.05, 3.63) is 21.5 Å². The quantitative estimate of drug-likeness (QED) is 0.414. The molecule has 0 saturated heterocycles. The normalized spacial score (nSPS) is 10.4. The van der Waals surface area contributed by atoms with Crippen molar-refractivity contribution >= 4 is 17.6 Å². The zero-order valence-electron chi connectivity index (χ0n) is 12.0. The van der Waals surface area contributed by atoms with Gasteiger partial charge < -0.3 is 10.4 Å². The maximum atomic E-state index is 11.6. The lowest BCUT2D eigenvalue weighted by molar-refractivity contribution is -0.386. The van der Waals surface area contributed by atoms with Gasteiger partial charge in [0.2, 0.25) is 5.91 Å². The summed E-state index contributed by atoms with van der Waals surface area (Å²) in [6, 6.07) is 0. The fourth-order valence-corrected chi connectivity index (χ4v) is 1.93. The average molecular weight is 298 g/mol. The van der Waals surface area contributed by atoms with Crippen LogP contribution in [0, 0.1) is 24.0 Å². The summed E-state index contributed by atoms with van der Waals surface area (Å²) in [5.74, 6) is -1.14. The number of nitrogens with one attached hydrogen (secondary N) is 1. The van der Waals surface area contributed by atoms with E-state index in [1.165, 1.54) is 4.68 Å². The van der Waals surface area contributed by atoms with Crippen molar-refractivity contribution in [2.45, 2.75) is 39.7 Å². The highest BCUT2D eigenvalue weighted by Gasteiger charge is 2.21. The summed E-state index contributed by atoms with van der Waals surface area (Å²) in [6.45, 7) is 3.67. The molecule has 9 heteroatoms. The maximum absolute atomic E-state index is 11.6. The monoisotopic (exact) mass is 298 g/mol. The van der Waals surface area contributed by atoms with Gasteiger partial charge in [0.25, 0.3) is 0 Å². The highest BCUT2D eigenvalue weighted by atomic mass is 16.6. The third-order valence-electron chi connectivity index (χ3n) is 2.97. The van der Waals surface area contributed by atoms with Crippen molar-refractivity contribution in [3.8, 4) is 0 Å². The number of carbonyl (C=O) groups is 2. The molecule has 0 atom stereocenters. The first-order valence-electron chi connectivity index (χ1n) is 6.49. The smallest absolute Gasteiger partial charge is 0.312 e. The predicted octanol–water partition coefficient (Wildman–Crippen LogP) is 0.779. The Balaban J connectivity index is 2.45. The molecule has 0 saturated carbocycles. The minimum Gasteiger partial charge on any atom is -0.481 e. The summed E-state index contributed by atoms with van der Waals surface area (Å²) in [6.07, 6.45) is 0.503. The number of aromatic nitrogens is 2. The SMILES string of the molecule is Cc1nn(CCC(=O)NCCCC(=O)O)c(C)c1[N+](=O)[O-]. The largest absolute Gasteiger partial charge is 0.481 e. The standard InChI is InChI=1S/C12H18N4O5/c1-8-12(16(20)21)9(2)15(14-8)7-5-10(17)13-6-3-4-11(18)19/h3-7H2,1-2H3,(H,13,17)(H,18,19). The summed E-state index contributed by atoms with van der Waals surface area (Å²) in [5, 5.41) is 25.9. The number of carboxylic acid groups (broad SMARTS) is 1. The number of hydrogen-bond donors (Lipinski definition) is 2. The van der Waals surface area contributed by atoms with Gasteiger partial charge in [-0.1, -0.05) is 0 Å². The van der Waals surface area contributed by atoms with Crippen LogP contribution in [-0.4, -0.2) is 38.2 Å². The van der Waals surface area contributed by atoms with Crippen molar-refractivity contribution in [1.29, 1.82) is 0 Å². The lowest BCUT2D eigenvalue weighted by Crippen LogP contribution is -2.26. The number of aliphatic carboxylic acids is 1. The average Bonchev–Trinajstić information content (AvgIpc) is 2.66. The van der Waals surface area contributed by atoms with Gasteiger partial charge in [-0.05, 0) is 20.3 Å². The van der Waals surface area contributed by atoms with Crippen LogP contribution in [0.1, 0.15) is 30.7 Å². The maximum Gasteiger partial charge on any atom is 0.312 e. The van der Waals surface area contributed by atoms with E-state index in [4.69, 9.17) is 5.11 Å². The van der Waals surface area contributed by atoms with Crippen LogP contribution in [-0.2, 0) is 16.1 Å². The van der Waals surface area contributed by atoms with Gasteiger partial charge in [-0.25, -0.2) is 0 Å². The third-order valence-corrected chi connectivity index (χ3v) is 2.97. The fraction of sp³-hybridized carbons (Fsp3) is 0.583. The number of nitrogens with zero attached hydrogens (tertiary/aromatic N) is 3.